The minimum absolute atomic E-state index is 0.266. The molecule has 21 heavy (non-hydrogen) atoms. The highest BCUT2D eigenvalue weighted by molar-refractivity contribution is 5.95. The van der Waals surface area contributed by atoms with Gasteiger partial charge in [-0.1, -0.05) is 0 Å². The van der Waals surface area contributed by atoms with E-state index in [1.54, 1.807) is 6.20 Å². The van der Waals surface area contributed by atoms with Crippen molar-refractivity contribution in [1.29, 1.82) is 0 Å². The fourth-order valence-electron chi connectivity index (χ4n) is 5.48. The molecule has 4 aliphatic rings. The van der Waals surface area contributed by atoms with E-state index in [4.69, 9.17) is 0 Å². The first-order valence-electron chi connectivity index (χ1n) is 8.31. The molecule has 4 fully saturated rings. The summed E-state index contributed by atoms with van der Waals surface area (Å²) >= 11 is 0. The van der Waals surface area contributed by atoms with E-state index in [2.05, 4.69) is 11.9 Å². The molecule has 1 aromatic rings. The van der Waals surface area contributed by atoms with Crippen molar-refractivity contribution in [2.24, 2.45) is 29.6 Å². The summed E-state index contributed by atoms with van der Waals surface area (Å²) in [5.41, 5.74) is 2.10. The number of hydrogen-bond acceptors (Lipinski definition) is 2. The van der Waals surface area contributed by atoms with E-state index in [1.807, 2.05) is 24.2 Å². The maximum Gasteiger partial charge on any atom is 0.230 e. The molecule has 5 rings (SSSR count). The first-order valence-corrected chi connectivity index (χ1v) is 8.31. The zero-order chi connectivity index (χ0) is 14.6. The number of rotatable bonds is 2. The van der Waals surface area contributed by atoms with Crippen molar-refractivity contribution in [2.45, 2.75) is 39.0 Å². The van der Waals surface area contributed by atoms with Gasteiger partial charge in [0.05, 0.1) is 11.9 Å². The summed E-state index contributed by atoms with van der Waals surface area (Å²) in [7, 11) is 1.93. The van der Waals surface area contributed by atoms with Gasteiger partial charge in [-0.15, -0.1) is 0 Å². The van der Waals surface area contributed by atoms with Crippen LogP contribution in [0.25, 0.3) is 0 Å². The van der Waals surface area contributed by atoms with E-state index in [1.165, 1.54) is 32.1 Å². The molecule has 1 heterocycles. The molecule has 0 aliphatic heterocycles. The monoisotopic (exact) mass is 284 g/mol. The summed E-state index contributed by atoms with van der Waals surface area (Å²) in [5.74, 6) is 3.73. The van der Waals surface area contributed by atoms with Crippen LogP contribution < -0.4 is 4.90 Å². The van der Waals surface area contributed by atoms with E-state index in [0.717, 1.165) is 23.1 Å². The highest BCUT2D eigenvalue weighted by Gasteiger charge is 2.51. The van der Waals surface area contributed by atoms with Gasteiger partial charge in [-0.3, -0.25) is 9.78 Å². The van der Waals surface area contributed by atoms with Crippen LogP contribution in [0.4, 0.5) is 5.69 Å². The zero-order valence-electron chi connectivity index (χ0n) is 13.0. The number of amides is 1. The molecule has 0 atom stereocenters. The molecule has 0 radical (unpaired) electrons. The van der Waals surface area contributed by atoms with E-state index in [9.17, 15) is 4.79 Å². The third-order valence-corrected chi connectivity index (χ3v) is 6.22. The van der Waals surface area contributed by atoms with Crippen LogP contribution in [-0.4, -0.2) is 17.9 Å². The van der Waals surface area contributed by atoms with Crippen LogP contribution in [-0.2, 0) is 4.79 Å². The van der Waals surface area contributed by atoms with Crippen molar-refractivity contribution < 1.29 is 4.79 Å². The summed E-state index contributed by atoms with van der Waals surface area (Å²) in [6.07, 6.45) is 10.2. The summed E-state index contributed by atoms with van der Waals surface area (Å²) in [6.45, 7) is 2.05. The van der Waals surface area contributed by atoms with Crippen molar-refractivity contribution in [1.82, 2.24) is 4.98 Å². The van der Waals surface area contributed by atoms with E-state index >= 15 is 0 Å². The van der Waals surface area contributed by atoms with Gasteiger partial charge in [-0.25, -0.2) is 0 Å². The summed E-state index contributed by atoms with van der Waals surface area (Å²) in [5, 5.41) is 0. The summed E-state index contributed by atoms with van der Waals surface area (Å²) in [6, 6.07) is 1.98. The molecule has 0 saturated heterocycles. The second-order valence-corrected chi connectivity index (χ2v) is 7.52. The van der Waals surface area contributed by atoms with Crippen LogP contribution >= 0.6 is 0 Å². The van der Waals surface area contributed by atoms with Gasteiger partial charge < -0.3 is 4.90 Å². The normalized spacial score (nSPS) is 36.8. The Morgan fingerprint density at radius 2 is 1.76 bits per heavy atom. The molecule has 0 unspecified atom stereocenters. The van der Waals surface area contributed by atoms with Gasteiger partial charge in [0.25, 0.3) is 0 Å². The number of hydrogen-bond donors (Lipinski definition) is 0. The summed E-state index contributed by atoms with van der Waals surface area (Å²) < 4.78 is 0. The molecule has 3 nitrogen and oxygen atoms in total. The molecule has 4 bridgehead atoms. The van der Waals surface area contributed by atoms with Gasteiger partial charge in [0.15, 0.2) is 0 Å². The molecule has 112 valence electrons. The van der Waals surface area contributed by atoms with Gasteiger partial charge in [0.2, 0.25) is 5.91 Å². The quantitative estimate of drug-likeness (QED) is 0.833. The maximum atomic E-state index is 13.1. The SMILES string of the molecule is Cc1ccncc1N(C)C(=O)C1C2CC3CC(C2)CC1C3. The number of carbonyl (C=O) groups excluding carboxylic acids is 1. The number of pyridine rings is 1. The lowest BCUT2D eigenvalue weighted by Gasteiger charge is -2.54. The number of carbonyl (C=O) groups is 1. The highest BCUT2D eigenvalue weighted by Crippen LogP contribution is 2.56. The van der Waals surface area contributed by atoms with Crippen LogP contribution in [0.1, 0.15) is 37.7 Å². The topological polar surface area (TPSA) is 33.2 Å². The maximum absolute atomic E-state index is 13.1. The Morgan fingerprint density at radius 3 is 2.33 bits per heavy atom. The molecule has 1 amide bonds. The average molecular weight is 284 g/mol. The fourth-order valence-corrected chi connectivity index (χ4v) is 5.48. The average Bonchev–Trinajstić information content (AvgIpc) is 2.45. The fraction of sp³-hybridized carbons (Fsp3) is 0.667. The van der Waals surface area contributed by atoms with Crippen LogP contribution in [0.5, 0.6) is 0 Å². The lowest BCUT2D eigenvalue weighted by Crippen LogP contribution is -2.51. The Hall–Kier alpha value is -1.38. The first-order chi connectivity index (χ1) is 10.1. The highest BCUT2D eigenvalue weighted by atomic mass is 16.2. The van der Waals surface area contributed by atoms with E-state index in [0.29, 0.717) is 17.7 Å². The van der Waals surface area contributed by atoms with Crippen molar-refractivity contribution in [3.05, 3.63) is 24.0 Å². The van der Waals surface area contributed by atoms with Crippen LogP contribution in [0.2, 0.25) is 0 Å². The number of aryl methyl sites for hydroxylation is 1. The molecule has 1 aromatic heterocycles. The number of anilines is 1. The van der Waals surface area contributed by atoms with Crippen molar-refractivity contribution in [3.63, 3.8) is 0 Å². The van der Waals surface area contributed by atoms with Gasteiger partial charge in [0.1, 0.15) is 0 Å². The van der Waals surface area contributed by atoms with Gasteiger partial charge >= 0.3 is 0 Å². The largest absolute Gasteiger partial charge is 0.313 e. The molecular weight excluding hydrogens is 260 g/mol. The van der Waals surface area contributed by atoms with Gasteiger partial charge in [-0.2, -0.15) is 0 Å². The Balaban J connectivity index is 1.59. The lowest BCUT2D eigenvalue weighted by molar-refractivity contribution is -0.135. The minimum Gasteiger partial charge on any atom is -0.313 e. The Morgan fingerprint density at radius 1 is 1.14 bits per heavy atom. The van der Waals surface area contributed by atoms with Crippen LogP contribution in [0.15, 0.2) is 18.5 Å². The zero-order valence-corrected chi connectivity index (χ0v) is 13.0. The Bertz CT molecular complexity index is 540. The van der Waals surface area contributed by atoms with E-state index in [-0.39, 0.29) is 5.92 Å². The minimum atomic E-state index is 0.266. The van der Waals surface area contributed by atoms with Gasteiger partial charge in [0, 0.05) is 19.2 Å². The Labute approximate surface area is 126 Å². The smallest absolute Gasteiger partial charge is 0.230 e. The van der Waals surface area contributed by atoms with Crippen LogP contribution in [0, 0.1) is 36.5 Å². The summed E-state index contributed by atoms with van der Waals surface area (Å²) in [4.78, 5) is 19.1. The molecule has 0 spiro atoms. The second-order valence-electron chi connectivity index (χ2n) is 7.52. The molecule has 0 aromatic carbocycles. The standard InChI is InChI=1S/C18H24N2O/c1-11-3-4-19-10-16(11)20(2)18(21)17-14-6-12-5-13(8-14)9-15(17)7-12/h3-4,10,12-15,17H,5-9H2,1-2H3. The van der Waals surface area contributed by atoms with E-state index < -0.39 is 0 Å². The Kier molecular flexibility index (Phi) is 3.05. The lowest BCUT2D eigenvalue weighted by atomic mass is 9.51. The van der Waals surface area contributed by atoms with Crippen molar-refractivity contribution >= 4 is 11.6 Å². The predicted octanol–water partition coefficient (Wildman–Crippen LogP) is 3.43. The predicted molar refractivity (Wildman–Crippen MR) is 82.9 cm³/mol. The van der Waals surface area contributed by atoms with Gasteiger partial charge in [-0.05, 0) is 74.3 Å². The molecule has 4 aliphatic carbocycles. The number of aromatic nitrogens is 1. The first kappa shape index (κ1) is 13.3. The van der Waals surface area contributed by atoms with Crippen LogP contribution in [0.3, 0.4) is 0 Å². The molecule has 0 N–H and O–H groups in total. The molecular formula is C18H24N2O. The third-order valence-electron chi connectivity index (χ3n) is 6.22. The number of nitrogens with zero attached hydrogens (tertiary/aromatic N) is 2. The second kappa shape index (κ2) is 4.82. The van der Waals surface area contributed by atoms with Crippen molar-refractivity contribution in [3.8, 4) is 0 Å². The third kappa shape index (κ3) is 2.09. The molecule has 3 heteroatoms. The van der Waals surface area contributed by atoms with Crippen molar-refractivity contribution in [2.75, 3.05) is 11.9 Å². The molecule has 4 saturated carbocycles.